The van der Waals surface area contributed by atoms with Crippen molar-refractivity contribution in [2.75, 3.05) is 44.7 Å². The van der Waals surface area contributed by atoms with Gasteiger partial charge in [0.2, 0.25) is 41.4 Å². The summed E-state index contributed by atoms with van der Waals surface area (Å²) in [5.74, 6) is -1.44. The van der Waals surface area contributed by atoms with Gasteiger partial charge in [0.25, 0.3) is 0 Å². The summed E-state index contributed by atoms with van der Waals surface area (Å²) in [7, 11) is 0. The van der Waals surface area contributed by atoms with Crippen molar-refractivity contribution in [2.24, 2.45) is 11.8 Å². The topological polar surface area (TPSA) is 198 Å². The summed E-state index contributed by atoms with van der Waals surface area (Å²) in [5, 5.41) is 21.6. The van der Waals surface area contributed by atoms with Crippen LogP contribution in [-0.4, -0.2) is 142 Å². The predicted octanol–water partition coefficient (Wildman–Crippen LogP) is 2.48. The number of amides is 7. The maximum atomic E-state index is 14.5. The molecule has 4 aliphatic rings. The Kier molecular flexibility index (Phi) is 19.6. The summed E-state index contributed by atoms with van der Waals surface area (Å²) in [4.78, 5) is 101. The zero-order chi connectivity index (χ0) is 42.2. The van der Waals surface area contributed by atoms with Gasteiger partial charge in [-0.25, -0.2) is 0 Å². The van der Waals surface area contributed by atoms with Crippen LogP contribution in [0.25, 0.3) is 0 Å². The molecule has 0 aromatic heterocycles. The standard InChI is InChI=1S/C42H71N7O8S/c1-5-21-43-40(55)37(29(3)50)46-39(54)34-17-13-25-49(34)42(57)32(20-26-58-4)45-38(53)33-16-9-10-24-48(33)41(56)31(18-19-36(52)47-22-11-12-23-47)44-35(51)27-28(2)30-14-7-6-8-15-30/h28-34,37,50H,5-27H2,1-4H3,(H,43,55)(H,44,51)(H,45,53)(H,46,54)/t28-,29+,31-,32-,33-,34-,37-/m0/s1. The number of aliphatic hydroxyl groups excluding tert-OH is 1. The summed E-state index contributed by atoms with van der Waals surface area (Å²) >= 11 is 1.52. The molecule has 5 N–H and O–H groups in total. The fraction of sp³-hybridized carbons (Fsp3) is 0.833. The highest BCUT2D eigenvalue weighted by Gasteiger charge is 2.42. The van der Waals surface area contributed by atoms with Crippen LogP contribution in [0.3, 0.4) is 0 Å². The summed E-state index contributed by atoms with van der Waals surface area (Å²) in [6.07, 6.45) is 12.5. The number of rotatable bonds is 20. The molecule has 328 valence electrons. The molecule has 3 saturated heterocycles. The molecule has 15 nitrogen and oxygen atoms in total. The molecule has 0 bridgehead atoms. The van der Waals surface area contributed by atoms with Gasteiger partial charge in [0.15, 0.2) is 0 Å². The average Bonchev–Trinajstić information content (AvgIpc) is 3.95. The summed E-state index contributed by atoms with van der Waals surface area (Å²) in [5.41, 5.74) is 0. The number of carbonyl (C=O) groups is 7. The van der Waals surface area contributed by atoms with Gasteiger partial charge < -0.3 is 41.1 Å². The Morgan fingerprint density at radius 1 is 0.707 bits per heavy atom. The third-order valence-electron chi connectivity index (χ3n) is 12.5. The second-order valence-electron chi connectivity index (χ2n) is 16.9. The van der Waals surface area contributed by atoms with E-state index in [1.165, 1.54) is 34.9 Å². The van der Waals surface area contributed by atoms with E-state index in [2.05, 4.69) is 28.2 Å². The molecule has 7 amide bonds. The number of likely N-dealkylation sites (tertiary alicyclic amines) is 3. The van der Waals surface area contributed by atoms with E-state index in [-0.39, 0.29) is 37.1 Å². The normalized spacial score (nSPS) is 22.7. The molecule has 16 heteroatoms. The molecule has 0 spiro atoms. The first-order valence-corrected chi connectivity index (χ1v) is 23.5. The first kappa shape index (κ1) is 47.3. The lowest BCUT2D eigenvalue weighted by molar-refractivity contribution is -0.147. The fourth-order valence-corrected chi connectivity index (χ4v) is 9.48. The Morgan fingerprint density at radius 3 is 1.90 bits per heavy atom. The van der Waals surface area contributed by atoms with Crippen LogP contribution >= 0.6 is 11.8 Å². The molecular formula is C42H71N7O8S. The van der Waals surface area contributed by atoms with E-state index in [1.807, 2.05) is 18.1 Å². The van der Waals surface area contributed by atoms with Gasteiger partial charge in [-0.15, -0.1) is 0 Å². The van der Waals surface area contributed by atoms with Crippen molar-refractivity contribution in [3.05, 3.63) is 0 Å². The minimum Gasteiger partial charge on any atom is -0.391 e. The van der Waals surface area contributed by atoms with Crippen molar-refractivity contribution >= 4 is 53.1 Å². The van der Waals surface area contributed by atoms with Crippen LogP contribution in [0.2, 0.25) is 0 Å². The Bertz CT molecular complexity index is 1410. The Morgan fingerprint density at radius 2 is 1.28 bits per heavy atom. The van der Waals surface area contributed by atoms with Crippen LogP contribution < -0.4 is 21.3 Å². The Balaban J connectivity index is 1.47. The maximum absolute atomic E-state index is 14.5. The molecule has 0 radical (unpaired) electrons. The van der Waals surface area contributed by atoms with Crippen LogP contribution in [0.15, 0.2) is 0 Å². The first-order valence-electron chi connectivity index (χ1n) is 22.1. The second kappa shape index (κ2) is 24.0. The lowest BCUT2D eigenvalue weighted by Crippen LogP contribution is -2.61. The highest BCUT2D eigenvalue weighted by molar-refractivity contribution is 7.98. The molecule has 0 aromatic carbocycles. The van der Waals surface area contributed by atoms with E-state index in [9.17, 15) is 38.7 Å². The zero-order valence-electron chi connectivity index (χ0n) is 35.4. The van der Waals surface area contributed by atoms with E-state index < -0.39 is 65.8 Å². The van der Waals surface area contributed by atoms with Crippen molar-refractivity contribution < 1.29 is 38.7 Å². The lowest BCUT2D eigenvalue weighted by atomic mass is 9.79. The fourth-order valence-electron chi connectivity index (χ4n) is 9.01. The van der Waals surface area contributed by atoms with Crippen molar-refractivity contribution in [3.8, 4) is 0 Å². The van der Waals surface area contributed by atoms with E-state index >= 15 is 0 Å². The summed E-state index contributed by atoms with van der Waals surface area (Å²) < 4.78 is 0. The van der Waals surface area contributed by atoms with Gasteiger partial charge in [-0.1, -0.05) is 46.0 Å². The highest BCUT2D eigenvalue weighted by Crippen LogP contribution is 2.31. The van der Waals surface area contributed by atoms with E-state index in [0.29, 0.717) is 89.2 Å². The van der Waals surface area contributed by atoms with E-state index in [1.54, 1.807) is 0 Å². The minimum absolute atomic E-state index is 0.0433. The van der Waals surface area contributed by atoms with Gasteiger partial charge in [-0.2, -0.15) is 11.8 Å². The van der Waals surface area contributed by atoms with E-state index in [0.717, 1.165) is 38.5 Å². The largest absolute Gasteiger partial charge is 0.391 e. The number of hydrogen-bond donors (Lipinski definition) is 5. The number of hydrogen-bond acceptors (Lipinski definition) is 9. The third kappa shape index (κ3) is 13.6. The zero-order valence-corrected chi connectivity index (χ0v) is 36.3. The molecule has 7 atom stereocenters. The smallest absolute Gasteiger partial charge is 0.245 e. The van der Waals surface area contributed by atoms with Crippen LogP contribution in [-0.2, 0) is 33.6 Å². The lowest BCUT2D eigenvalue weighted by Gasteiger charge is -2.38. The quantitative estimate of drug-likeness (QED) is 0.122. The molecule has 0 unspecified atom stereocenters. The molecule has 1 saturated carbocycles. The van der Waals surface area contributed by atoms with Crippen molar-refractivity contribution in [1.82, 2.24) is 36.0 Å². The number of piperidine rings is 1. The van der Waals surface area contributed by atoms with Gasteiger partial charge >= 0.3 is 0 Å². The molecule has 58 heavy (non-hydrogen) atoms. The molecule has 3 heterocycles. The van der Waals surface area contributed by atoms with Gasteiger partial charge in [0.05, 0.1) is 6.10 Å². The molecule has 4 rings (SSSR count). The molecule has 1 aliphatic carbocycles. The van der Waals surface area contributed by atoms with Crippen LogP contribution in [0, 0.1) is 11.8 Å². The highest BCUT2D eigenvalue weighted by atomic mass is 32.2. The number of thioether (sulfide) groups is 1. The van der Waals surface area contributed by atoms with Crippen LogP contribution in [0.1, 0.15) is 130 Å². The third-order valence-corrected chi connectivity index (χ3v) is 13.1. The number of nitrogens with zero attached hydrogens (tertiary/aromatic N) is 3. The summed E-state index contributed by atoms with van der Waals surface area (Å²) in [6, 6.07) is -4.90. The van der Waals surface area contributed by atoms with Gasteiger partial charge in [0.1, 0.15) is 30.2 Å². The average molecular weight is 834 g/mol. The maximum Gasteiger partial charge on any atom is 0.245 e. The minimum atomic E-state index is -1.19. The molecule has 0 aromatic rings. The molecule has 3 aliphatic heterocycles. The van der Waals surface area contributed by atoms with Gasteiger partial charge in [-0.05, 0) is 95.0 Å². The SMILES string of the molecule is CCCNC(=O)[C@@H](NC(=O)[C@@H]1CCCN1C(=O)[C@H](CCSC)NC(=O)[C@@H]1CCCCN1C(=O)[C@H](CCC(=O)N1CCCC1)NC(=O)C[C@H](C)C1CCCCC1)[C@@H](C)O. The van der Waals surface area contributed by atoms with Crippen LogP contribution in [0.4, 0.5) is 0 Å². The summed E-state index contributed by atoms with van der Waals surface area (Å²) in [6.45, 7) is 7.77. The number of nitrogens with one attached hydrogen (secondary N) is 4. The van der Waals surface area contributed by atoms with Crippen LogP contribution in [0.5, 0.6) is 0 Å². The number of aliphatic hydroxyl groups is 1. The monoisotopic (exact) mass is 834 g/mol. The predicted molar refractivity (Wildman–Crippen MR) is 223 cm³/mol. The van der Waals surface area contributed by atoms with Crippen molar-refractivity contribution in [1.29, 1.82) is 0 Å². The second-order valence-corrected chi connectivity index (χ2v) is 17.9. The first-order chi connectivity index (χ1) is 27.9. The van der Waals surface area contributed by atoms with E-state index in [4.69, 9.17) is 0 Å². The van der Waals surface area contributed by atoms with Gasteiger partial charge in [0, 0.05) is 45.6 Å². The molecule has 4 fully saturated rings. The van der Waals surface area contributed by atoms with Crippen molar-refractivity contribution in [2.45, 2.75) is 166 Å². The number of carbonyl (C=O) groups excluding carboxylic acids is 7. The van der Waals surface area contributed by atoms with Crippen molar-refractivity contribution in [3.63, 3.8) is 0 Å². The molecular weight excluding hydrogens is 763 g/mol. The Hall–Kier alpha value is -3.40. The Labute approximate surface area is 349 Å². The van der Waals surface area contributed by atoms with Gasteiger partial charge in [-0.3, -0.25) is 33.6 Å².